The Bertz CT molecular complexity index is 1460. The van der Waals surface area contributed by atoms with Gasteiger partial charge in [0.1, 0.15) is 11.9 Å². The maximum absolute atomic E-state index is 15.1. The zero-order valence-electron chi connectivity index (χ0n) is 22.7. The number of aromatic nitrogens is 3. The van der Waals surface area contributed by atoms with E-state index in [1.165, 1.54) is 6.20 Å². The molecule has 3 aromatic heterocycles. The number of rotatable bonds is 8. The van der Waals surface area contributed by atoms with E-state index in [9.17, 15) is 4.79 Å². The van der Waals surface area contributed by atoms with Crippen LogP contribution in [-0.2, 0) is 27.2 Å². The van der Waals surface area contributed by atoms with Crippen LogP contribution >= 0.6 is 0 Å². The third-order valence-electron chi connectivity index (χ3n) is 8.86. The third-order valence-corrected chi connectivity index (χ3v) is 8.86. The molecule has 11 nitrogen and oxygen atoms in total. The monoisotopic (exact) mass is 564 g/mol. The number of anilines is 1. The first-order valence-corrected chi connectivity index (χ1v) is 14.2. The molecule has 216 valence electrons. The second-order valence-corrected chi connectivity index (χ2v) is 11.6. The van der Waals surface area contributed by atoms with Gasteiger partial charge in [-0.3, -0.25) is 9.78 Å². The summed E-state index contributed by atoms with van der Waals surface area (Å²) in [5.41, 5.74) is 8.11. The molecule has 2 bridgehead atoms. The van der Waals surface area contributed by atoms with Crippen molar-refractivity contribution in [1.29, 1.82) is 0 Å². The number of aryl methyl sites for hydroxylation is 1. The van der Waals surface area contributed by atoms with Gasteiger partial charge in [-0.2, -0.15) is 0 Å². The first-order chi connectivity index (χ1) is 19.9. The van der Waals surface area contributed by atoms with Crippen LogP contribution in [0.4, 0.5) is 10.2 Å². The fourth-order valence-corrected chi connectivity index (χ4v) is 6.26. The summed E-state index contributed by atoms with van der Waals surface area (Å²) in [6.45, 7) is 2.00. The summed E-state index contributed by atoms with van der Waals surface area (Å²) in [6.07, 6.45) is 5.84. The van der Waals surface area contributed by atoms with E-state index in [0.29, 0.717) is 73.3 Å². The number of halogens is 1. The number of nitrogens with zero attached hydrogens (tertiary/aromatic N) is 3. The Balaban J connectivity index is 0.997. The highest BCUT2D eigenvalue weighted by Gasteiger charge is 2.49. The first-order valence-electron chi connectivity index (χ1n) is 14.2. The number of pyridine rings is 3. The first kappa shape index (κ1) is 26.4. The molecule has 7 heterocycles. The summed E-state index contributed by atoms with van der Waals surface area (Å²) in [5, 5.41) is 6.43. The average Bonchev–Trinajstić information content (AvgIpc) is 3.40. The van der Waals surface area contributed by atoms with E-state index >= 15 is 4.39 Å². The highest BCUT2D eigenvalue weighted by Crippen LogP contribution is 2.46. The number of amides is 1. The average molecular weight is 565 g/mol. The van der Waals surface area contributed by atoms with Gasteiger partial charge in [0.05, 0.1) is 54.4 Å². The SMILES string of the molecule is N[C@H]1COC[C@@H]1Oc1ccc2ncc(F)c(CCC34CCC(NCc5ccc6c(n5)NC(=O)CO6)(CC3)CO4)c2n1. The number of ether oxygens (including phenoxy) is 4. The Labute approximate surface area is 236 Å². The minimum Gasteiger partial charge on any atom is -0.480 e. The topological polar surface area (TPSA) is 143 Å². The smallest absolute Gasteiger partial charge is 0.263 e. The van der Waals surface area contributed by atoms with Crippen molar-refractivity contribution in [3.63, 3.8) is 0 Å². The van der Waals surface area contributed by atoms with Gasteiger partial charge in [0.15, 0.2) is 18.2 Å². The fraction of sp³-hybridized carbons (Fsp3) is 0.517. The van der Waals surface area contributed by atoms with E-state index in [2.05, 4.69) is 25.6 Å². The molecule has 1 aliphatic carbocycles. The number of hydrogen-bond donors (Lipinski definition) is 3. The molecule has 2 atom stereocenters. The molecule has 4 aliphatic heterocycles. The number of hydrogen-bond acceptors (Lipinski definition) is 10. The van der Waals surface area contributed by atoms with E-state index in [1.807, 2.05) is 12.1 Å². The van der Waals surface area contributed by atoms with E-state index in [0.717, 1.165) is 31.4 Å². The highest BCUT2D eigenvalue weighted by atomic mass is 19.1. The summed E-state index contributed by atoms with van der Waals surface area (Å²) < 4.78 is 38.3. The predicted molar refractivity (Wildman–Crippen MR) is 146 cm³/mol. The number of fused-ring (bicyclic) bond motifs is 5. The van der Waals surface area contributed by atoms with Crippen molar-refractivity contribution >= 4 is 22.8 Å². The van der Waals surface area contributed by atoms with Crippen LogP contribution in [0, 0.1) is 5.82 Å². The van der Waals surface area contributed by atoms with Crippen LogP contribution in [0.3, 0.4) is 0 Å². The Morgan fingerprint density at radius 2 is 2.02 bits per heavy atom. The van der Waals surface area contributed by atoms with Crippen LogP contribution < -0.4 is 25.8 Å². The highest BCUT2D eigenvalue weighted by molar-refractivity contribution is 5.94. The fourth-order valence-electron chi connectivity index (χ4n) is 6.26. The van der Waals surface area contributed by atoms with Gasteiger partial charge in [0.25, 0.3) is 5.91 Å². The maximum atomic E-state index is 15.1. The molecule has 5 aliphatic rings. The van der Waals surface area contributed by atoms with Crippen molar-refractivity contribution in [3.05, 3.63) is 47.5 Å². The molecule has 4 fully saturated rings. The molecule has 8 rings (SSSR count). The molecule has 0 aromatic carbocycles. The Hall–Kier alpha value is -3.45. The molecule has 0 radical (unpaired) electrons. The van der Waals surface area contributed by atoms with Crippen molar-refractivity contribution in [1.82, 2.24) is 20.3 Å². The summed E-state index contributed by atoms with van der Waals surface area (Å²) in [4.78, 5) is 25.1. The van der Waals surface area contributed by atoms with Crippen molar-refractivity contribution in [2.24, 2.45) is 5.73 Å². The maximum Gasteiger partial charge on any atom is 0.263 e. The minimum absolute atomic E-state index is 0.00982. The predicted octanol–water partition coefficient (Wildman–Crippen LogP) is 2.40. The second kappa shape index (κ2) is 10.4. The van der Waals surface area contributed by atoms with Crippen molar-refractivity contribution < 1.29 is 28.1 Å². The summed E-state index contributed by atoms with van der Waals surface area (Å²) in [6, 6.07) is 7.06. The van der Waals surface area contributed by atoms with Crippen LogP contribution in [0.5, 0.6) is 11.6 Å². The summed E-state index contributed by atoms with van der Waals surface area (Å²) in [5.74, 6) is 0.856. The van der Waals surface area contributed by atoms with Gasteiger partial charge in [-0.05, 0) is 56.7 Å². The van der Waals surface area contributed by atoms with Gasteiger partial charge in [-0.25, -0.2) is 14.4 Å². The normalized spacial score (nSPS) is 28.8. The largest absolute Gasteiger partial charge is 0.480 e. The van der Waals surface area contributed by atoms with Gasteiger partial charge < -0.3 is 35.3 Å². The minimum atomic E-state index is -0.374. The molecule has 1 amide bonds. The third kappa shape index (κ3) is 5.21. The molecule has 41 heavy (non-hydrogen) atoms. The molecule has 3 saturated heterocycles. The van der Waals surface area contributed by atoms with Crippen LogP contribution in [0.1, 0.15) is 43.4 Å². The number of nitrogens with two attached hydrogens (primary N) is 1. The number of nitrogens with one attached hydrogen (secondary N) is 2. The zero-order valence-corrected chi connectivity index (χ0v) is 22.7. The van der Waals surface area contributed by atoms with Crippen LogP contribution in [0.15, 0.2) is 30.5 Å². The number of carbonyl (C=O) groups excluding carboxylic acids is 1. The van der Waals surface area contributed by atoms with Crippen molar-refractivity contribution in [2.45, 2.75) is 68.4 Å². The molecule has 12 heteroatoms. The zero-order chi connectivity index (χ0) is 28.0. The summed E-state index contributed by atoms with van der Waals surface area (Å²) in [7, 11) is 0. The van der Waals surface area contributed by atoms with Crippen LogP contribution in [-0.4, -0.2) is 70.6 Å². The van der Waals surface area contributed by atoms with E-state index < -0.39 is 0 Å². The lowest BCUT2D eigenvalue weighted by Crippen LogP contribution is -2.61. The molecular weight excluding hydrogens is 531 g/mol. The molecule has 0 unspecified atom stereocenters. The van der Waals surface area contributed by atoms with Gasteiger partial charge in [0.2, 0.25) is 5.88 Å². The Kier molecular flexibility index (Phi) is 6.73. The van der Waals surface area contributed by atoms with E-state index in [1.54, 1.807) is 12.1 Å². The standard InChI is InChI=1S/C29H33FN6O5/c30-19-12-32-21-2-4-25(41-23-14-38-13-20(23)31)36-26(21)18(19)5-6-29-9-7-28(8-10-29,16-40-29)33-11-17-1-3-22-27(34-17)35-24(37)15-39-22/h1-4,12,20,23,33H,5-11,13-16,31H2,(H,34,35,37)/t20-,23-,28?,29?/m0/s1. The van der Waals surface area contributed by atoms with Gasteiger partial charge >= 0.3 is 0 Å². The summed E-state index contributed by atoms with van der Waals surface area (Å²) >= 11 is 0. The lowest BCUT2D eigenvalue weighted by atomic mass is 9.69. The molecule has 1 saturated carbocycles. The van der Waals surface area contributed by atoms with E-state index in [-0.39, 0.29) is 41.6 Å². The second-order valence-electron chi connectivity index (χ2n) is 11.6. The lowest BCUT2D eigenvalue weighted by molar-refractivity contribution is -0.165. The van der Waals surface area contributed by atoms with E-state index in [4.69, 9.17) is 24.7 Å². The van der Waals surface area contributed by atoms with Crippen molar-refractivity contribution in [2.75, 3.05) is 31.7 Å². The van der Waals surface area contributed by atoms with Crippen LogP contribution in [0.25, 0.3) is 11.0 Å². The van der Waals surface area contributed by atoms with Crippen molar-refractivity contribution in [3.8, 4) is 11.6 Å². The molecular formula is C29H33FN6O5. The molecule has 3 aromatic rings. The van der Waals surface area contributed by atoms with Gasteiger partial charge in [-0.15, -0.1) is 0 Å². The molecule has 4 N–H and O–H groups in total. The quantitative estimate of drug-likeness (QED) is 0.373. The van der Waals surface area contributed by atoms with Crippen LogP contribution in [0.2, 0.25) is 0 Å². The number of carbonyl (C=O) groups is 1. The van der Waals surface area contributed by atoms with Gasteiger partial charge in [0, 0.05) is 23.7 Å². The lowest BCUT2D eigenvalue weighted by Gasteiger charge is -2.53. The Morgan fingerprint density at radius 3 is 2.80 bits per heavy atom. The molecule has 0 spiro atoms. The Morgan fingerprint density at radius 1 is 1.15 bits per heavy atom. The van der Waals surface area contributed by atoms with Gasteiger partial charge in [-0.1, -0.05) is 0 Å².